The molecule has 78 valence electrons. The van der Waals surface area contributed by atoms with Gasteiger partial charge in [-0.1, -0.05) is 0 Å². The quantitative estimate of drug-likeness (QED) is 0.498. The fraction of sp³-hybridized carbons (Fsp3) is 1.00. The Morgan fingerprint density at radius 2 is 0.714 bits per heavy atom. The van der Waals surface area contributed by atoms with Gasteiger partial charge in [0, 0.05) is 0 Å². The molecule has 0 aromatic carbocycles. The van der Waals surface area contributed by atoms with Gasteiger partial charge in [0.15, 0.2) is 0 Å². The summed E-state index contributed by atoms with van der Waals surface area (Å²) in [4.78, 5) is 15.9. The van der Waals surface area contributed by atoms with Crippen LogP contribution in [0.15, 0.2) is 0 Å². The van der Waals surface area contributed by atoms with Crippen LogP contribution in [0.2, 0.25) is 48.2 Å². The zero-order valence-corrected chi connectivity index (χ0v) is 8.83. The first-order valence-electron chi connectivity index (χ1n) is 6.01. The van der Waals surface area contributed by atoms with Crippen molar-refractivity contribution in [2.75, 3.05) is 6.79 Å². The second kappa shape index (κ2) is 0.356. The third-order valence-corrected chi connectivity index (χ3v) is 56.5. The molecule has 2 nitrogen and oxygen atoms in total. The number of hydrogen-bond donors (Lipinski definition) is 2. The molecule has 14 heavy (non-hydrogen) atoms. The number of rotatable bonds is 0. The second-order valence-corrected chi connectivity index (χ2v) is 33.7. The van der Waals surface area contributed by atoms with E-state index in [4.69, 9.17) is 10.2 Å². The van der Waals surface area contributed by atoms with Crippen molar-refractivity contribution in [3.8, 4) is 0 Å². The van der Waals surface area contributed by atoms with Crippen molar-refractivity contribution < 1.29 is 16.7 Å². The maximum absolute atomic E-state index is 7.12. The molecule has 0 bridgehead atoms. The van der Waals surface area contributed by atoms with Gasteiger partial charge in [-0.25, -0.2) is 0 Å². The van der Waals surface area contributed by atoms with Crippen LogP contribution in [0.25, 0.3) is 0 Å². The van der Waals surface area contributed by atoms with Gasteiger partial charge in [0.05, 0.1) is 0 Å². The predicted molar refractivity (Wildman–Crippen MR) is 46.8 cm³/mol. The molecule has 10 heterocycles. The molecule has 0 radical (unpaired) electrons. The van der Waals surface area contributed by atoms with E-state index in [0.717, 1.165) is 0 Å². The molecular formula is C11H14FeO2. The SMILES string of the molecule is OCO.[CH]12[CH]3[CH]4[CH]5[CH]1[Fe]23451678[CH]2[CH]1[CH]6[CH]7[CH]28. The minimum absolute atomic E-state index is 0.750. The monoisotopic (exact) mass is 234 g/mol. The molecule has 0 amide bonds. The summed E-state index contributed by atoms with van der Waals surface area (Å²) >= 11 is 0. The molecule has 0 aromatic heterocycles. The van der Waals surface area contributed by atoms with Gasteiger partial charge >= 0.3 is 54.7 Å². The van der Waals surface area contributed by atoms with E-state index in [1.165, 1.54) is 0 Å². The van der Waals surface area contributed by atoms with Crippen LogP contribution in [0.5, 0.6) is 0 Å². The number of hydrogen-bond acceptors (Lipinski definition) is 2. The minimum atomic E-state index is -2.28. The molecule has 0 unspecified atom stereocenters. The van der Waals surface area contributed by atoms with E-state index in [2.05, 4.69) is 0 Å². The van der Waals surface area contributed by atoms with Crippen LogP contribution in [0.3, 0.4) is 0 Å². The molecule has 0 aromatic rings. The van der Waals surface area contributed by atoms with Gasteiger partial charge < -0.3 is 10.2 Å². The Kier molecular flexibility index (Phi) is 0.132. The molecule has 0 saturated carbocycles. The topological polar surface area (TPSA) is 40.5 Å². The van der Waals surface area contributed by atoms with Crippen LogP contribution >= 0.6 is 0 Å². The fourth-order valence-corrected chi connectivity index (χ4v) is 88.0. The molecule has 10 fully saturated rings. The Morgan fingerprint density at radius 3 is 0.714 bits per heavy atom. The first-order valence-corrected chi connectivity index (χ1v) is 12.4. The molecule has 10 rings (SSSR count). The van der Waals surface area contributed by atoms with E-state index in [9.17, 15) is 0 Å². The Hall–Kier alpha value is 0.439. The number of aliphatic hydroxyl groups is 2. The first-order chi connectivity index (χ1) is 6.57. The number of fused-ring (bicyclic) bond motifs is 10. The zero-order valence-electron chi connectivity index (χ0n) is 7.73. The Balaban J connectivity index is 0.000000151. The van der Waals surface area contributed by atoms with E-state index in [1.54, 1.807) is 48.2 Å². The van der Waals surface area contributed by atoms with Crippen molar-refractivity contribution in [1.82, 2.24) is 0 Å². The van der Waals surface area contributed by atoms with Gasteiger partial charge in [-0.3, -0.25) is 0 Å². The van der Waals surface area contributed by atoms with Crippen molar-refractivity contribution in [1.29, 1.82) is 0 Å². The molecule has 10 aliphatic heterocycles. The van der Waals surface area contributed by atoms with Crippen molar-refractivity contribution in [3.63, 3.8) is 0 Å². The van der Waals surface area contributed by atoms with Crippen LogP contribution in [-0.2, 0) is 6.51 Å². The average Bonchev–Trinajstić information content (AvgIpc) is 3.15. The summed E-state index contributed by atoms with van der Waals surface area (Å²) in [6, 6.07) is 0. The van der Waals surface area contributed by atoms with Crippen molar-refractivity contribution in [2.24, 2.45) is 0 Å². The van der Waals surface area contributed by atoms with Crippen molar-refractivity contribution in [3.05, 3.63) is 0 Å². The number of aliphatic hydroxyl groups excluding tert-OH is 1. The van der Waals surface area contributed by atoms with Crippen LogP contribution in [0, 0.1) is 0 Å². The molecular weight excluding hydrogens is 220 g/mol. The van der Waals surface area contributed by atoms with Gasteiger partial charge in [-0.2, -0.15) is 0 Å². The molecule has 3 heteroatoms. The zero-order chi connectivity index (χ0) is 8.80. The van der Waals surface area contributed by atoms with E-state index in [1.807, 2.05) is 0 Å². The third kappa shape index (κ3) is 0.0405. The molecule has 2 N–H and O–H groups in total. The molecule has 0 atom stereocenters. The van der Waals surface area contributed by atoms with Crippen molar-refractivity contribution >= 4 is 0 Å². The molecule has 0 aliphatic carbocycles. The summed E-state index contributed by atoms with van der Waals surface area (Å²) in [5.74, 6) is 0. The van der Waals surface area contributed by atoms with Crippen molar-refractivity contribution in [2.45, 2.75) is 48.2 Å². The summed E-state index contributed by atoms with van der Waals surface area (Å²) in [7, 11) is 0. The summed E-state index contributed by atoms with van der Waals surface area (Å²) in [5.41, 5.74) is 0. The Morgan fingerprint density at radius 1 is 0.571 bits per heavy atom. The second-order valence-electron chi connectivity index (χ2n) is 9.73. The molecule has 1 spiro atoms. The predicted octanol–water partition coefficient (Wildman–Crippen LogP) is 2.30. The summed E-state index contributed by atoms with van der Waals surface area (Å²) < 4.78 is 0. The van der Waals surface area contributed by atoms with E-state index in [0.29, 0.717) is 0 Å². The normalized spacial score (nSPS) is 136. The third-order valence-electron chi connectivity index (χ3n) is 14.5. The van der Waals surface area contributed by atoms with Crippen LogP contribution in [-0.4, -0.2) is 17.0 Å². The first kappa shape index (κ1) is 5.18. The maximum atomic E-state index is 7.12. The van der Waals surface area contributed by atoms with E-state index < -0.39 is 13.3 Å². The van der Waals surface area contributed by atoms with Gasteiger partial charge in [0.2, 0.25) is 0 Å². The molecule has 10 aliphatic rings. The standard InChI is InChI=1S/2C5H5.CH4O2.Fe/c2*1-2-4-5-3-1;2-1-3;/h2*1-5H;2-3H,1H2;. The van der Waals surface area contributed by atoms with Gasteiger partial charge in [0.1, 0.15) is 6.79 Å². The van der Waals surface area contributed by atoms with Gasteiger partial charge in [0.25, 0.3) is 0 Å². The Bertz CT molecular complexity index is 596. The van der Waals surface area contributed by atoms with E-state index in [-0.39, 0.29) is 0 Å². The van der Waals surface area contributed by atoms with E-state index >= 15 is 0 Å². The van der Waals surface area contributed by atoms with Crippen LogP contribution in [0.1, 0.15) is 0 Å². The Labute approximate surface area is 72.0 Å². The van der Waals surface area contributed by atoms with Gasteiger partial charge in [-0.05, 0) is 0 Å². The van der Waals surface area contributed by atoms with Crippen LogP contribution in [0.4, 0.5) is 0 Å². The average molecular weight is 234 g/mol. The van der Waals surface area contributed by atoms with Gasteiger partial charge in [-0.15, -0.1) is 0 Å². The summed E-state index contributed by atoms with van der Waals surface area (Å²) in [5, 5.41) is 14.2. The molecule has 10 saturated heterocycles. The summed E-state index contributed by atoms with van der Waals surface area (Å²) in [6.07, 6.45) is 0. The summed E-state index contributed by atoms with van der Waals surface area (Å²) in [6.45, 7) is -3.03. The fourth-order valence-electron chi connectivity index (χ4n) is 15.8. The van der Waals surface area contributed by atoms with Crippen LogP contribution < -0.4 is 0 Å².